The molecule has 0 N–H and O–H groups in total. The van der Waals surface area contributed by atoms with Gasteiger partial charge in [-0.05, 0) is 37.0 Å². The Balaban J connectivity index is 3.00. The minimum absolute atomic E-state index is 0.0396. The second kappa shape index (κ2) is 5.99. The molecule has 3 atom stereocenters. The van der Waals surface area contributed by atoms with E-state index in [9.17, 15) is 4.79 Å². The van der Waals surface area contributed by atoms with Crippen molar-refractivity contribution in [2.45, 2.75) is 59.0 Å². The van der Waals surface area contributed by atoms with E-state index in [0.717, 1.165) is 12.7 Å². The van der Waals surface area contributed by atoms with E-state index < -0.39 is 0 Å². The Hall–Kier alpha value is -0.370. The highest BCUT2D eigenvalue weighted by Gasteiger charge is 2.49. The third-order valence-electron chi connectivity index (χ3n) is 4.64. The molecule has 1 fully saturated rings. The van der Waals surface area contributed by atoms with Crippen molar-refractivity contribution >= 4 is 6.29 Å². The molecule has 1 aliphatic carbocycles. The van der Waals surface area contributed by atoms with Gasteiger partial charge in [0.05, 0.1) is 5.60 Å². The molecular weight excluding hydrogens is 212 g/mol. The molecule has 3 unspecified atom stereocenters. The van der Waals surface area contributed by atoms with Crippen LogP contribution in [0.3, 0.4) is 0 Å². The van der Waals surface area contributed by atoms with Crippen LogP contribution < -0.4 is 0 Å². The van der Waals surface area contributed by atoms with Gasteiger partial charge in [0.2, 0.25) is 0 Å². The number of rotatable bonds is 5. The van der Waals surface area contributed by atoms with E-state index in [2.05, 4.69) is 27.7 Å². The lowest BCUT2D eigenvalue weighted by Crippen LogP contribution is -2.54. The number of carbonyl (C=O) groups is 1. The molecular formula is C15H28O2. The molecule has 0 aromatic rings. The van der Waals surface area contributed by atoms with Crippen LogP contribution in [0.1, 0.15) is 53.4 Å². The van der Waals surface area contributed by atoms with E-state index in [4.69, 9.17) is 4.74 Å². The number of carbonyl (C=O) groups excluding carboxylic acids is 1. The van der Waals surface area contributed by atoms with Crippen LogP contribution in [0.25, 0.3) is 0 Å². The Kier molecular flexibility index (Phi) is 5.18. The number of aldehydes is 1. The number of methoxy groups -OCH3 is 1. The molecule has 0 aliphatic heterocycles. The fraction of sp³-hybridized carbons (Fsp3) is 0.933. The SMILES string of the molecule is COC1(C(C=O)CC(C)C)C(C)CCCC1C. The van der Waals surface area contributed by atoms with Crippen LogP contribution in [-0.4, -0.2) is 19.0 Å². The lowest BCUT2D eigenvalue weighted by atomic mass is 9.62. The summed E-state index contributed by atoms with van der Waals surface area (Å²) in [4.78, 5) is 11.5. The first kappa shape index (κ1) is 14.7. The highest BCUT2D eigenvalue weighted by molar-refractivity contribution is 5.56. The summed E-state index contributed by atoms with van der Waals surface area (Å²) in [6.07, 6.45) is 5.70. The fourth-order valence-corrected chi connectivity index (χ4v) is 3.81. The van der Waals surface area contributed by atoms with Crippen LogP contribution in [0.5, 0.6) is 0 Å². The average Bonchev–Trinajstić information content (AvgIpc) is 2.27. The monoisotopic (exact) mass is 240 g/mol. The van der Waals surface area contributed by atoms with Gasteiger partial charge in [-0.3, -0.25) is 0 Å². The van der Waals surface area contributed by atoms with Crippen molar-refractivity contribution in [1.82, 2.24) is 0 Å². The van der Waals surface area contributed by atoms with Crippen molar-refractivity contribution in [3.8, 4) is 0 Å². The van der Waals surface area contributed by atoms with Gasteiger partial charge in [0.25, 0.3) is 0 Å². The van der Waals surface area contributed by atoms with E-state index in [1.54, 1.807) is 7.11 Å². The second-order valence-corrected chi connectivity index (χ2v) is 6.16. The van der Waals surface area contributed by atoms with Gasteiger partial charge in [0.15, 0.2) is 0 Å². The van der Waals surface area contributed by atoms with Gasteiger partial charge < -0.3 is 9.53 Å². The number of hydrogen-bond acceptors (Lipinski definition) is 2. The summed E-state index contributed by atoms with van der Waals surface area (Å²) < 4.78 is 5.93. The van der Waals surface area contributed by atoms with Crippen LogP contribution in [0.15, 0.2) is 0 Å². The molecule has 1 saturated carbocycles. The van der Waals surface area contributed by atoms with Gasteiger partial charge in [-0.2, -0.15) is 0 Å². The summed E-state index contributed by atoms with van der Waals surface area (Å²) in [6, 6.07) is 0. The molecule has 2 heteroatoms. The topological polar surface area (TPSA) is 26.3 Å². The lowest BCUT2D eigenvalue weighted by molar-refractivity contribution is -0.161. The van der Waals surface area contributed by atoms with E-state index in [0.29, 0.717) is 17.8 Å². The Morgan fingerprint density at radius 1 is 1.29 bits per heavy atom. The van der Waals surface area contributed by atoms with Crippen LogP contribution in [0, 0.1) is 23.7 Å². The highest BCUT2D eigenvalue weighted by atomic mass is 16.5. The van der Waals surface area contributed by atoms with Gasteiger partial charge in [0, 0.05) is 13.0 Å². The van der Waals surface area contributed by atoms with E-state index in [1.165, 1.54) is 19.3 Å². The van der Waals surface area contributed by atoms with Crippen molar-refractivity contribution in [2.75, 3.05) is 7.11 Å². The smallest absolute Gasteiger partial charge is 0.125 e. The largest absolute Gasteiger partial charge is 0.377 e. The molecule has 2 nitrogen and oxygen atoms in total. The molecule has 17 heavy (non-hydrogen) atoms. The third-order valence-corrected chi connectivity index (χ3v) is 4.64. The molecule has 0 bridgehead atoms. The molecule has 0 amide bonds. The molecule has 0 spiro atoms. The van der Waals surface area contributed by atoms with Crippen LogP contribution in [0.2, 0.25) is 0 Å². The molecule has 100 valence electrons. The summed E-state index contributed by atoms with van der Waals surface area (Å²) in [5.74, 6) is 1.53. The maximum Gasteiger partial charge on any atom is 0.125 e. The maximum absolute atomic E-state index is 11.5. The summed E-state index contributed by atoms with van der Waals surface area (Å²) in [5, 5.41) is 0. The number of ether oxygens (including phenoxy) is 1. The first-order chi connectivity index (χ1) is 7.98. The van der Waals surface area contributed by atoms with Crippen molar-refractivity contribution in [3.05, 3.63) is 0 Å². The third kappa shape index (κ3) is 2.73. The average molecular weight is 240 g/mol. The Morgan fingerprint density at radius 2 is 1.82 bits per heavy atom. The summed E-state index contributed by atoms with van der Waals surface area (Å²) in [5.41, 5.74) is -0.232. The summed E-state index contributed by atoms with van der Waals surface area (Å²) in [7, 11) is 1.79. The van der Waals surface area contributed by atoms with Gasteiger partial charge in [-0.15, -0.1) is 0 Å². The number of hydrogen-bond donors (Lipinski definition) is 0. The van der Waals surface area contributed by atoms with Crippen LogP contribution >= 0.6 is 0 Å². The molecule has 0 aromatic heterocycles. The van der Waals surface area contributed by atoms with Crippen molar-refractivity contribution in [2.24, 2.45) is 23.7 Å². The quantitative estimate of drug-likeness (QED) is 0.685. The molecule has 1 aliphatic rings. The van der Waals surface area contributed by atoms with E-state index >= 15 is 0 Å². The Bertz CT molecular complexity index is 237. The normalized spacial score (nSPS) is 35.9. The molecule has 1 rings (SSSR count). The summed E-state index contributed by atoms with van der Waals surface area (Å²) >= 11 is 0. The fourth-order valence-electron chi connectivity index (χ4n) is 3.81. The van der Waals surface area contributed by atoms with Crippen molar-refractivity contribution in [3.63, 3.8) is 0 Å². The zero-order valence-electron chi connectivity index (χ0n) is 12.0. The summed E-state index contributed by atoms with van der Waals surface area (Å²) in [6.45, 7) is 8.85. The molecule has 0 aromatic carbocycles. The van der Waals surface area contributed by atoms with E-state index in [-0.39, 0.29) is 11.5 Å². The van der Waals surface area contributed by atoms with Crippen molar-refractivity contribution < 1.29 is 9.53 Å². The molecule has 0 radical (unpaired) electrons. The van der Waals surface area contributed by atoms with Gasteiger partial charge in [-0.25, -0.2) is 0 Å². The minimum Gasteiger partial charge on any atom is -0.377 e. The van der Waals surface area contributed by atoms with Crippen LogP contribution in [-0.2, 0) is 9.53 Å². The predicted molar refractivity (Wildman–Crippen MR) is 70.9 cm³/mol. The highest BCUT2D eigenvalue weighted by Crippen LogP contribution is 2.46. The standard InChI is InChI=1S/C15H28O2/c1-11(2)9-14(10-16)15(17-5)12(3)7-6-8-13(15)4/h10-14H,6-9H2,1-5H3. The second-order valence-electron chi connectivity index (χ2n) is 6.16. The van der Waals surface area contributed by atoms with Gasteiger partial charge >= 0.3 is 0 Å². The Labute approximate surface area is 106 Å². The van der Waals surface area contributed by atoms with Crippen LogP contribution in [0.4, 0.5) is 0 Å². The zero-order chi connectivity index (χ0) is 13.1. The lowest BCUT2D eigenvalue weighted by Gasteiger charge is -2.50. The predicted octanol–water partition coefficient (Wildman–Crippen LogP) is 3.69. The van der Waals surface area contributed by atoms with E-state index in [1.807, 2.05) is 0 Å². The minimum atomic E-state index is -0.232. The van der Waals surface area contributed by atoms with Gasteiger partial charge in [0.1, 0.15) is 6.29 Å². The first-order valence-electron chi connectivity index (χ1n) is 6.99. The molecule has 0 saturated heterocycles. The first-order valence-corrected chi connectivity index (χ1v) is 6.99. The Morgan fingerprint density at radius 3 is 2.18 bits per heavy atom. The molecule has 0 heterocycles. The zero-order valence-corrected chi connectivity index (χ0v) is 12.0. The maximum atomic E-state index is 11.5. The van der Waals surface area contributed by atoms with Crippen molar-refractivity contribution in [1.29, 1.82) is 0 Å². The van der Waals surface area contributed by atoms with Gasteiger partial charge in [-0.1, -0.05) is 34.1 Å².